The smallest absolute Gasteiger partial charge is 0.406 e. The highest BCUT2D eigenvalue weighted by Crippen LogP contribution is 2.41. The molecule has 102 valence electrons. The van der Waals surface area contributed by atoms with Crippen LogP contribution in [0.25, 0.3) is 0 Å². The Bertz CT molecular complexity index is 397. The molecule has 0 amide bonds. The minimum Gasteiger partial charge on any atom is -0.406 e. The maximum atomic E-state index is 12.0. The lowest BCUT2D eigenvalue weighted by molar-refractivity contribution is -0.274. The fourth-order valence-electron chi connectivity index (χ4n) is 1.51. The zero-order valence-electron chi connectivity index (χ0n) is 11.4. The van der Waals surface area contributed by atoms with Crippen molar-refractivity contribution in [2.24, 2.45) is 5.41 Å². The van der Waals surface area contributed by atoms with Gasteiger partial charge in [-0.1, -0.05) is 46.8 Å². The molecule has 0 N–H and O–H groups in total. The first-order valence-electron chi connectivity index (χ1n) is 5.80. The van der Waals surface area contributed by atoms with Crippen LogP contribution in [0.1, 0.15) is 40.2 Å². The average molecular weight is 260 g/mol. The molecule has 1 rings (SSSR count). The van der Waals surface area contributed by atoms with Crippen LogP contribution in [-0.4, -0.2) is 6.36 Å². The SMILES string of the molecule is CC(C)(C)C(C)(C)c1ccc(OC(F)(F)F)cc1. The fourth-order valence-corrected chi connectivity index (χ4v) is 1.51. The normalized spacial score (nSPS) is 13.6. The molecule has 0 heterocycles. The Morgan fingerprint density at radius 1 is 0.833 bits per heavy atom. The van der Waals surface area contributed by atoms with Crippen LogP contribution in [0.15, 0.2) is 24.3 Å². The van der Waals surface area contributed by atoms with Gasteiger partial charge in [-0.25, -0.2) is 0 Å². The summed E-state index contributed by atoms with van der Waals surface area (Å²) in [5, 5.41) is 0. The van der Waals surface area contributed by atoms with Gasteiger partial charge in [-0.3, -0.25) is 0 Å². The lowest BCUT2D eigenvalue weighted by Gasteiger charge is -2.39. The van der Waals surface area contributed by atoms with E-state index in [0.717, 1.165) is 5.56 Å². The second kappa shape index (κ2) is 4.48. The number of halogens is 3. The van der Waals surface area contributed by atoms with Crippen molar-refractivity contribution in [2.45, 2.75) is 46.4 Å². The third-order valence-electron chi connectivity index (χ3n) is 3.68. The van der Waals surface area contributed by atoms with Gasteiger partial charge >= 0.3 is 6.36 Å². The van der Waals surface area contributed by atoms with Crippen LogP contribution in [-0.2, 0) is 5.41 Å². The number of rotatable bonds is 2. The van der Waals surface area contributed by atoms with Crippen molar-refractivity contribution in [1.82, 2.24) is 0 Å². The predicted octanol–water partition coefficient (Wildman–Crippen LogP) is 4.91. The van der Waals surface area contributed by atoms with E-state index >= 15 is 0 Å². The van der Waals surface area contributed by atoms with Crippen LogP contribution in [0.2, 0.25) is 0 Å². The molecule has 18 heavy (non-hydrogen) atoms. The third-order valence-corrected chi connectivity index (χ3v) is 3.68. The maximum absolute atomic E-state index is 12.0. The molecular formula is C14H19F3O. The zero-order chi connectivity index (χ0) is 14.2. The van der Waals surface area contributed by atoms with Crippen LogP contribution in [0.4, 0.5) is 13.2 Å². The summed E-state index contributed by atoms with van der Waals surface area (Å²) in [7, 11) is 0. The molecule has 0 spiro atoms. The fraction of sp³-hybridized carbons (Fsp3) is 0.571. The maximum Gasteiger partial charge on any atom is 0.573 e. The van der Waals surface area contributed by atoms with Crippen LogP contribution in [0.5, 0.6) is 5.75 Å². The van der Waals surface area contributed by atoms with Gasteiger partial charge in [-0.2, -0.15) is 0 Å². The average Bonchev–Trinajstić information content (AvgIpc) is 2.14. The molecule has 0 aliphatic carbocycles. The lowest BCUT2D eigenvalue weighted by Crippen LogP contribution is -2.33. The predicted molar refractivity (Wildman–Crippen MR) is 65.6 cm³/mol. The number of benzene rings is 1. The largest absolute Gasteiger partial charge is 0.573 e. The minimum atomic E-state index is -4.64. The summed E-state index contributed by atoms with van der Waals surface area (Å²) in [5.74, 6) is -0.184. The first-order chi connectivity index (χ1) is 7.93. The summed E-state index contributed by atoms with van der Waals surface area (Å²) in [4.78, 5) is 0. The first-order valence-corrected chi connectivity index (χ1v) is 5.80. The quantitative estimate of drug-likeness (QED) is 0.734. The van der Waals surface area contributed by atoms with E-state index in [1.165, 1.54) is 12.1 Å². The van der Waals surface area contributed by atoms with Crippen LogP contribution in [0.3, 0.4) is 0 Å². The van der Waals surface area contributed by atoms with Crippen molar-refractivity contribution in [3.05, 3.63) is 29.8 Å². The summed E-state index contributed by atoms with van der Waals surface area (Å²) in [6.07, 6.45) is -4.64. The molecule has 4 heteroatoms. The second-order valence-electron chi connectivity index (χ2n) is 5.95. The Balaban J connectivity index is 2.97. The minimum absolute atomic E-state index is 0.0133. The van der Waals surface area contributed by atoms with Gasteiger partial charge in [0.1, 0.15) is 5.75 Å². The van der Waals surface area contributed by atoms with Crippen molar-refractivity contribution in [2.75, 3.05) is 0 Å². The van der Waals surface area contributed by atoms with Crippen LogP contribution >= 0.6 is 0 Å². The highest BCUT2D eigenvalue weighted by molar-refractivity contribution is 5.32. The molecule has 0 saturated carbocycles. The second-order valence-corrected chi connectivity index (χ2v) is 5.95. The molecule has 0 aromatic heterocycles. The van der Waals surface area contributed by atoms with Gasteiger partial charge in [0.15, 0.2) is 0 Å². The highest BCUT2D eigenvalue weighted by Gasteiger charge is 2.35. The van der Waals surface area contributed by atoms with Crippen molar-refractivity contribution in [3.63, 3.8) is 0 Å². The Kier molecular flexibility index (Phi) is 3.70. The van der Waals surface area contributed by atoms with E-state index in [4.69, 9.17) is 0 Å². The Hall–Kier alpha value is -1.19. The Morgan fingerprint density at radius 2 is 1.28 bits per heavy atom. The number of ether oxygens (including phenoxy) is 1. The molecule has 0 radical (unpaired) electrons. The van der Waals surface area contributed by atoms with Gasteiger partial charge in [0.25, 0.3) is 0 Å². The lowest BCUT2D eigenvalue weighted by atomic mass is 9.65. The van der Waals surface area contributed by atoms with Gasteiger partial charge in [0.2, 0.25) is 0 Å². The molecule has 0 aliphatic heterocycles. The molecule has 0 unspecified atom stereocenters. The van der Waals surface area contributed by atoms with Gasteiger partial charge in [-0.05, 0) is 28.5 Å². The number of hydrogen-bond donors (Lipinski definition) is 0. The Labute approximate surface area is 106 Å². The molecule has 0 aliphatic rings. The van der Waals surface area contributed by atoms with E-state index in [2.05, 4.69) is 39.4 Å². The highest BCUT2D eigenvalue weighted by atomic mass is 19.4. The van der Waals surface area contributed by atoms with Crippen molar-refractivity contribution < 1.29 is 17.9 Å². The molecule has 0 saturated heterocycles. The van der Waals surface area contributed by atoms with E-state index in [-0.39, 0.29) is 16.6 Å². The zero-order valence-corrected chi connectivity index (χ0v) is 11.4. The van der Waals surface area contributed by atoms with E-state index in [1.54, 1.807) is 12.1 Å². The number of alkyl halides is 3. The van der Waals surface area contributed by atoms with Gasteiger partial charge in [0.05, 0.1) is 0 Å². The summed E-state index contributed by atoms with van der Waals surface area (Å²) in [5.41, 5.74) is 0.868. The topological polar surface area (TPSA) is 9.23 Å². The first kappa shape index (κ1) is 14.9. The van der Waals surface area contributed by atoms with Crippen LogP contribution in [0, 0.1) is 5.41 Å². The molecule has 0 atom stereocenters. The van der Waals surface area contributed by atoms with E-state index in [9.17, 15) is 13.2 Å². The van der Waals surface area contributed by atoms with E-state index < -0.39 is 6.36 Å². The van der Waals surface area contributed by atoms with E-state index in [0.29, 0.717) is 0 Å². The molecule has 0 bridgehead atoms. The van der Waals surface area contributed by atoms with E-state index in [1.807, 2.05) is 0 Å². The van der Waals surface area contributed by atoms with Crippen molar-refractivity contribution in [1.29, 1.82) is 0 Å². The van der Waals surface area contributed by atoms with Gasteiger partial charge in [0, 0.05) is 0 Å². The monoisotopic (exact) mass is 260 g/mol. The molecule has 1 aromatic rings. The molecule has 1 aromatic carbocycles. The summed E-state index contributed by atoms with van der Waals surface area (Å²) in [6, 6.07) is 6.09. The molecule has 1 nitrogen and oxygen atoms in total. The summed E-state index contributed by atoms with van der Waals surface area (Å²) < 4.78 is 40.0. The van der Waals surface area contributed by atoms with Crippen molar-refractivity contribution >= 4 is 0 Å². The van der Waals surface area contributed by atoms with Gasteiger partial charge in [-0.15, -0.1) is 13.2 Å². The molecule has 0 fully saturated rings. The third kappa shape index (κ3) is 3.40. The summed E-state index contributed by atoms with van der Waals surface area (Å²) >= 11 is 0. The Morgan fingerprint density at radius 3 is 1.61 bits per heavy atom. The van der Waals surface area contributed by atoms with Gasteiger partial charge < -0.3 is 4.74 Å². The molecular weight excluding hydrogens is 241 g/mol. The van der Waals surface area contributed by atoms with Crippen LogP contribution < -0.4 is 4.74 Å². The number of hydrogen-bond acceptors (Lipinski definition) is 1. The summed E-state index contributed by atoms with van der Waals surface area (Å²) in [6.45, 7) is 10.5. The standard InChI is InChI=1S/C14H19F3O/c1-12(2,3)13(4,5)10-6-8-11(9-7-10)18-14(15,16)17/h6-9H,1-5H3. The van der Waals surface area contributed by atoms with Crippen molar-refractivity contribution in [3.8, 4) is 5.75 Å².